The monoisotopic (exact) mass is 403 g/mol. The van der Waals surface area contributed by atoms with Gasteiger partial charge in [-0.25, -0.2) is 0 Å². The summed E-state index contributed by atoms with van der Waals surface area (Å²) in [5, 5.41) is 0. The Balaban J connectivity index is 0.00000264. The second-order valence-corrected chi connectivity index (χ2v) is 9.71. The van der Waals surface area contributed by atoms with Gasteiger partial charge in [-0.15, -0.1) is 24.8 Å². The molecule has 24 heavy (non-hydrogen) atoms. The quantitative estimate of drug-likeness (QED) is 0.566. The first-order chi connectivity index (χ1) is 10.2. The maximum atomic E-state index is 3.77. The van der Waals surface area contributed by atoms with Gasteiger partial charge in [0.05, 0.1) is 0 Å². The van der Waals surface area contributed by atoms with E-state index in [0.29, 0.717) is 4.22 Å². The van der Waals surface area contributed by atoms with Gasteiger partial charge >= 0.3 is 146 Å². The van der Waals surface area contributed by atoms with E-state index >= 15 is 0 Å². The summed E-state index contributed by atoms with van der Waals surface area (Å²) in [5.74, 6) is 0. The molecule has 0 saturated carbocycles. The third kappa shape index (κ3) is 5.75. The van der Waals surface area contributed by atoms with Crippen molar-refractivity contribution in [1.82, 2.24) is 3.80 Å². The first-order valence-electron chi connectivity index (χ1n) is 8.19. The molecule has 134 valence electrons. The second kappa shape index (κ2) is 9.60. The molecule has 1 aromatic rings. The van der Waals surface area contributed by atoms with Gasteiger partial charge in [-0.2, -0.15) is 0 Å². The maximum Gasteiger partial charge on any atom is -0.147 e. The molecule has 0 aromatic heterocycles. The molecule has 0 radical (unpaired) electrons. The summed E-state index contributed by atoms with van der Waals surface area (Å²) in [5.41, 5.74) is 9.26. The van der Waals surface area contributed by atoms with Crippen LogP contribution in [0.15, 0.2) is 41.0 Å². The van der Waals surface area contributed by atoms with Crippen LogP contribution in [-0.2, 0) is 19.4 Å². The van der Waals surface area contributed by atoms with Crippen LogP contribution in [0.25, 0.3) is 5.57 Å². The average molecular weight is 404 g/mol. The molecule has 0 heterocycles. The number of hydrogen-bond donors (Lipinski definition) is 1. The number of halogens is 2. The predicted molar refractivity (Wildman–Crippen MR) is 108 cm³/mol. The van der Waals surface area contributed by atoms with Gasteiger partial charge in [-0.05, 0) is 0 Å². The van der Waals surface area contributed by atoms with Gasteiger partial charge in [0.2, 0.25) is 0 Å². The van der Waals surface area contributed by atoms with Crippen molar-refractivity contribution in [2.45, 2.75) is 64.6 Å². The molecule has 0 fully saturated rings. The molecule has 1 atom stereocenters. The minimum absolute atomic E-state index is 0. The van der Waals surface area contributed by atoms with Crippen LogP contribution in [0.3, 0.4) is 0 Å². The van der Waals surface area contributed by atoms with Crippen LogP contribution < -0.4 is 3.80 Å². The minimum atomic E-state index is -0.209. The predicted octanol–water partition coefficient (Wildman–Crippen LogP) is 6.49. The topological polar surface area (TPSA) is 12.0 Å². The molecule has 1 unspecified atom stereocenters. The van der Waals surface area contributed by atoms with E-state index in [1.165, 1.54) is 27.8 Å². The molecule has 0 saturated heterocycles. The van der Waals surface area contributed by atoms with Gasteiger partial charge in [0.1, 0.15) is 0 Å². The summed E-state index contributed by atoms with van der Waals surface area (Å²) in [7, 11) is 0. The van der Waals surface area contributed by atoms with Gasteiger partial charge in [0, 0.05) is 0 Å². The zero-order chi connectivity index (χ0) is 16.5. The van der Waals surface area contributed by atoms with E-state index in [9.17, 15) is 0 Å². The molecule has 4 heteroatoms. The number of hydrogen-bond acceptors (Lipinski definition) is 1. The summed E-state index contributed by atoms with van der Waals surface area (Å²) in [4.78, 5) is 0. The van der Waals surface area contributed by atoms with Gasteiger partial charge in [0.15, 0.2) is 0 Å². The van der Waals surface area contributed by atoms with E-state index in [1.807, 2.05) is 0 Å². The summed E-state index contributed by atoms with van der Waals surface area (Å²) in [6.07, 6.45) is 1.12. The Morgan fingerprint density at radius 3 is 2.08 bits per heavy atom. The molecule has 0 spiro atoms. The third-order valence-electron chi connectivity index (χ3n) is 4.51. The summed E-state index contributed by atoms with van der Waals surface area (Å²) >= 11 is -0.209. The van der Waals surface area contributed by atoms with Crippen LogP contribution >= 0.6 is 24.8 Å². The second-order valence-electron chi connectivity index (χ2n) is 7.51. The zero-order valence-electron chi connectivity index (χ0n) is 15.9. The summed E-state index contributed by atoms with van der Waals surface area (Å²) in [6, 6.07) is 9.03. The molecule has 1 aliphatic carbocycles. The zero-order valence-corrected chi connectivity index (χ0v) is 19.1. The molecular weight excluding hydrogens is 373 g/mol. The molecule has 0 bridgehead atoms. The third-order valence-corrected chi connectivity index (χ3v) is 7.07. The Kier molecular flexibility index (Phi) is 9.58. The van der Waals surface area contributed by atoms with Gasteiger partial charge in [-0.3, -0.25) is 0 Å². The Morgan fingerprint density at radius 2 is 1.58 bits per heavy atom. The van der Waals surface area contributed by atoms with E-state index < -0.39 is 0 Å². The first kappa shape index (κ1) is 24.0. The fraction of sp³-hybridized carbons (Fsp3) is 0.500. The largest absolute Gasteiger partial charge is 0.147 e. The van der Waals surface area contributed by atoms with Crippen molar-refractivity contribution in [2.75, 3.05) is 0 Å². The van der Waals surface area contributed by atoms with Crippen molar-refractivity contribution in [3.8, 4) is 0 Å². The maximum absolute atomic E-state index is 3.77. The van der Waals surface area contributed by atoms with Gasteiger partial charge < -0.3 is 0 Å². The summed E-state index contributed by atoms with van der Waals surface area (Å²) in [6.45, 7) is 16.0. The van der Waals surface area contributed by atoms with E-state index in [4.69, 9.17) is 0 Å². The van der Waals surface area contributed by atoms with Gasteiger partial charge in [0.25, 0.3) is 0 Å². The van der Waals surface area contributed by atoms with Crippen LogP contribution in [0.1, 0.15) is 70.2 Å². The number of nitrogens with one attached hydrogen (secondary N) is 1. The van der Waals surface area contributed by atoms with E-state index in [-0.39, 0.29) is 49.8 Å². The standard InChI is InChI=1S/C16H19.C4H10N.2ClH.Ti/c1-5-14-8-6-7-9-15(14)16-10-11(2)12(3)13(16)4;1-4(2,3)5;;;/h5-9H,10H2,1-4H3;5H,1-3H3;2*1H;/q;-1;;;+1. The van der Waals surface area contributed by atoms with Crippen molar-refractivity contribution in [3.63, 3.8) is 0 Å². The number of allylic oxidation sites excluding steroid dienone is 4. The fourth-order valence-corrected chi connectivity index (χ4v) is 4.58. The van der Waals surface area contributed by atoms with E-state index in [0.717, 1.165) is 6.42 Å². The first-order valence-corrected chi connectivity index (χ1v) is 9.87. The normalized spacial score (nSPS) is 15.8. The smallest absolute Gasteiger partial charge is 0.147 e. The molecule has 1 aromatic carbocycles. The van der Waals surface area contributed by atoms with Crippen LogP contribution in [0.4, 0.5) is 0 Å². The summed E-state index contributed by atoms with van der Waals surface area (Å²) < 4.78 is 4.40. The van der Waals surface area contributed by atoms with Crippen molar-refractivity contribution >= 4 is 30.4 Å². The van der Waals surface area contributed by atoms with Crippen LogP contribution in [-0.4, -0.2) is 5.54 Å². The van der Waals surface area contributed by atoms with Crippen LogP contribution in [0, 0.1) is 0 Å². The van der Waals surface area contributed by atoms with Crippen molar-refractivity contribution in [2.24, 2.45) is 0 Å². The molecule has 1 aliphatic rings. The molecule has 1 nitrogen and oxygen atoms in total. The van der Waals surface area contributed by atoms with E-state index in [2.05, 4.69) is 76.5 Å². The number of benzene rings is 1. The van der Waals surface area contributed by atoms with E-state index in [1.54, 1.807) is 5.57 Å². The number of rotatable bonds is 4. The molecule has 0 aliphatic heterocycles. The van der Waals surface area contributed by atoms with Crippen LogP contribution in [0.2, 0.25) is 0 Å². The minimum Gasteiger partial charge on any atom is -0.147 e. The van der Waals surface area contributed by atoms with Crippen molar-refractivity contribution < 1.29 is 19.4 Å². The Labute approximate surface area is 169 Å². The molecule has 1 N–H and O–H groups in total. The Bertz CT molecular complexity index is 627. The Morgan fingerprint density at radius 1 is 1.00 bits per heavy atom. The van der Waals surface area contributed by atoms with Crippen molar-refractivity contribution in [3.05, 3.63) is 52.1 Å². The SMILES string of the molecule is CC1=C(C)C(C)=C(c2ccccc2[CH](C)[Ti][NH]C(C)(C)C)C1.Cl.Cl. The van der Waals surface area contributed by atoms with Crippen LogP contribution in [0.5, 0.6) is 0 Å². The van der Waals surface area contributed by atoms with Crippen molar-refractivity contribution in [1.29, 1.82) is 0 Å². The molecular formula is C20H31Cl2NTi. The average Bonchev–Trinajstić information content (AvgIpc) is 2.71. The Hall–Kier alpha value is -0.0457. The molecule has 0 amide bonds. The molecule has 2 rings (SSSR count). The van der Waals surface area contributed by atoms with Gasteiger partial charge in [-0.1, -0.05) is 0 Å². The fourth-order valence-electron chi connectivity index (χ4n) is 2.93.